The van der Waals surface area contributed by atoms with Gasteiger partial charge in [-0.1, -0.05) is 49.6 Å². The first-order valence-electron chi connectivity index (χ1n) is 9.22. The minimum atomic E-state index is 0.782. The first-order chi connectivity index (χ1) is 11.8. The molecule has 4 heteroatoms. The number of rotatable bonds is 7. The predicted octanol–water partition coefficient (Wildman–Crippen LogP) is 3.82. The van der Waals surface area contributed by atoms with E-state index in [9.17, 15) is 0 Å². The molecule has 24 heavy (non-hydrogen) atoms. The Hall–Kier alpha value is -1.81. The van der Waals surface area contributed by atoms with E-state index in [1.807, 2.05) is 7.05 Å². The number of hydrogen-bond acceptors (Lipinski definition) is 3. The molecule has 1 aromatic carbocycles. The molecule has 1 saturated carbocycles. The average Bonchev–Trinajstić information content (AvgIpc) is 3.00. The van der Waals surface area contributed by atoms with Crippen LogP contribution in [0.1, 0.15) is 43.4 Å². The van der Waals surface area contributed by atoms with Gasteiger partial charge in [-0.05, 0) is 31.4 Å². The Labute approximate surface area is 145 Å². The van der Waals surface area contributed by atoms with Gasteiger partial charge in [-0.15, -0.1) is 0 Å². The molecule has 2 aromatic rings. The average molecular weight is 326 g/mol. The summed E-state index contributed by atoms with van der Waals surface area (Å²) in [7, 11) is 4.15. The van der Waals surface area contributed by atoms with Crippen molar-refractivity contribution in [2.24, 2.45) is 5.92 Å². The van der Waals surface area contributed by atoms with Gasteiger partial charge in [-0.3, -0.25) is 0 Å². The number of nitrogens with zero attached hydrogens (tertiary/aromatic N) is 3. The van der Waals surface area contributed by atoms with Gasteiger partial charge in [0.2, 0.25) is 0 Å². The Bertz CT molecular complexity index is 614. The third kappa shape index (κ3) is 4.38. The molecule has 0 spiro atoms. The molecule has 0 atom stereocenters. The summed E-state index contributed by atoms with van der Waals surface area (Å²) in [6.45, 7) is 2.79. The van der Waals surface area contributed by atoms with E-state index < -0.39 is 0 Å². The van der Waals surface area contributed by atoms with E-state index in [4.69, 9.17) is 5.10 Å². The zero-order valence-corrected chi connectivity index (χ0v) is 15.0. The van der Waals surface area contributed by atoms with Crippen LogP contribution in [0.15, 0.2) is 36.4 Å². The third-order valence-corrected chi connectivity index (χ3v) is 4.98. The van der Waals surface area contributed by atoms with E-state index in [1.165, 1.54) is 43.5 Å². The van der Waals surface area contributed by atoms with Crippen LogP contribution in [-0.2, 0) is 19.6 Å². The summed E-state index contributed by atoms with van der Waals surface area (Å²) < 4.78 is 2.24. The zero-order chi connectivity index (χ0) is 16.8. The van der Waals surface area contributed by atoms with Gasteiger partial charge in [-0.2, -0.15) is 5.10 Å². The standard InChI is InChI=1S/C20H30N4/c1-21-14-19-13-20(23(2)15-17-9-5-3-6-10-17)24(22-19)16-18-11-7-4-8-12-18/h3,5-6,9-10,13,18,21H,4,7-8,11-12,14-16H2,1-2H3. The van der Waals surface area contributed by atoms with Gasteiger partial charge in [0.05, 0.1) is 5.69 Å². The number of benzene rings is 1. The van der Waals surface area contributed by atoms with E-state index in [-0.39, 0.29) is 0 Å². The second-order valence-electron chi connectivity index (χ2n) is 7.05. The molecule has 130 valence electrons. The first kappa shape index (κ1) is 17.0. The van der Waals surface area contributed by atoms with Crippen LogP contribution in [0.3, 0.4) is 0 Å². The quantitative estimate of drug-likeness (QED) is 0.840. The summed E-state index contributed by atoms with van der Waals surface area (Å²) in [6.07, 6.45) is 6.86. The van der Waals surface area contributed by atoms with Gasteiger partial charge in [0.25, 0.3) is 0 Å². The van der Waals surface area contributed by atoms with Gasteiger partial charge in [0, 0.05) is 32.7 Å². The van der Waals surface area contributed by atoms with Crippen LogP contribution in [-0.4, -0.2) is 23.9 Å². The van der Waals surface area contributed by atoms with Crippen LogP contribution in [0.25, 0.3) is 0 Å². The summed E-state index contributed by atoms with van der Waals surface area (Å²) in [6, 6.07) is 12.9. The fraction of sp³-hybridized carbons (Fsp3) is 0.550. The van der Waals surface area contributed by atoms with E-state index in [1.54, 1.807) is 0 Å². The van der Waals surface area contributed by atoms with Crippen molar-refractivity contribution >= 4 is 5.82 Å². The van der Waals surface area contributed by atoms with Crippen LogP contribution in [0.4, 0.5) is 5.82 Å². The van der Waals surface area contributed by atoms with Crippen LogP contribution in [0.2, 0.25) is 0 Å². The normalized spacial score (nSPS) is 15.6. The van der Waals surface area contributed by atoms with Crippen molar-refractivity contribution in [3.8, 4) is 0 Å². The van der Waals surface area contributed by atoms with E-state index in [0.717, 1.165) is 31.2 Å². The van der Waals surface area contributed by atoms with Crippen LogP contribution in [0, 0.1) is 5.92 Å². The molecule has 0 amide bonds. The summed E-state index contributed by atoms with van der Waals surface area (Å²) in [5.74, 6) is 2.01. The molecule has 0 unspecified atom stereocenters. The Morgan fingerprint density at radius 1 is 1.17 bits per heavy atom. The Balaban J connectivity index is 1.76. The molecule has 1 fully saturated rings. The van der Waals surface area contributed by atoms with Crippen LogP contribution >= 0.6 is 0 Å². The number of aromatic nitrogens is 2. The molecule has 1 aliphatic carbocycles. The van der Waals surface area contributed by atoms with E-state index in [2.05, 4.69) is 58.3 Å². The Morgan fingerprint density at radius 2 is 1.92 bits per heavy atom. The van der Waals surface area contributed by atoms with Gasteiger partial charge in [0.1, 0.15) is 5.82 Å². The topological polar surface area (TPSA) is 33.1 Å². The molecule has 1 heterocycles. The van der Waals surface area contributed by atoms with Crippen molar-refractivity contribution in [2.45, 2.75) is 51.7 Å². The minimum Gasteiger partial charge on any atom is -0.356 e. The van der Waals surface area contributed by atoms with Gasteiger partial charge >= 0.3 is 0 Å². The van der Waals surface area contributed by atoms with Crippen molar-refractivity contribution < 1.29 is 0 Å². The second-order valence-corrected chi connectivity index (χ2v) is 7.05. The highest BCUT2D eigenvalue weighted by molar-refractivity contribution is 5.41. The van der Waals surface area contributed by atoms with Crippen LogP contribution in [0.5, 0.6) is 0 Å². The van der Waals surface area contributed by atoms with Crippen LogP contribution < -0.4 is 10.2 Å². The van der Waals surface area contributed by atoms with E-state index >= 15 is 0 Å². The molecular formula is C20H30N4. The SMILES string of the molecule is CNCc1cc(N(C)Cc2ccccc2)n(CC2CCCCC2)n1. The summed E-state index contributed by atoms with van der Waals surface area (Å²) in [5.41, 5.74) is 2.46. The lowest BCUT2D eigenvalue weighted by Crippen LogP contribution is -2.23. The molecule has 1 aliphatic rings. The molecule has 0 radical (unpaired) electrons. The maximum Gasteiger partial charge on any atom is 0.127 e. The molecule has 0 aliphatic heterocycles. The first-order valence-corrected chi connectivity index (χ1v) is 9.22. The largest absolute Gasteiger partial charge is 0.356 e. The van der Waals surface area contributed by atoms with Crippen molar-refractivity contribution in [3.05, 3.63) is 47.7 Å². The fourth-order valence-electron chi connectivity index (χ4n) is 3.72. The minimum absolute atomic E-state index is 0.782. The Morgan fingerprint density at radius 3 is 2.62 bits per heavy atom. The highest BCUT2D eigenvalue weighted by atomic mass is 15.4. The summed E-state index contributed by atoms with van der Waals surface area (Å²) in [5, 5.41) is 8.09. The van der Waals surface area contributed by atoms with Gasteiger partial charge in [-0.25, -0.2) is 4.68 Å². The molecule has 3 rings (SSSR count). The maximum atomic E-state index is 4.87. The lowest BCUT2D eigenvalue weighted by atomic mass is 9.89. The highest BCUT2D eigenvalue weighted by Crippen LogP contribution is 2.27. The molecule has 0 bridgehead atoms. The molecule has 0 saturated heterocycles. The number of nitrogens with one attached hydrogen (secondary N) is 1. The Kier molecular flexibility index (Phi) is 5.91. The highest BCUT2D eigenvalue weighted by Gasteiger charge is 2.18. The van der Waals surface area contributed by atoms with E-state index in [0.29, 0.717) is 0 Å². The molecule has 1 N–H and O–H groups in total. The zero-order valence-electron chi connectivity index (χ0n) is 15.0. The monoisotopic (exact) mass is 326 g/mol. The van der Waals surface area contributed by atoms with Gasteiger partial charge < -0.3 is 10.2 Å². The third-order valence-electron chi connectivity index (χ3n) is 4.98. The fourth-order valence-corrected chi connectivity index (χ4v) is 3.72. The van der Waals surface area contributed by atoms with Gasteiger partial charge in [0.15, 0.2) is 0 Å². The maximum absolute atomic E-state index is 4.87. The number of hydrogen-bond donors (Lipinski definition) is 1. The van der Waals surface area contributed by atoms with Crippen molar-refractivity contribution in [1.29, 1.82) is 0 Å². The summed E-state index contributed by atoms with van der Waals surface area (Å²) >= 11 is 0. The predicted molar refractivity (Wildman–Crippen MR) is 100 cm³/mol. The number of anilines is 1. The van der Waals surface area contributed by atoms with Crippen molar-refractivity contribution in [2.75, 3.05) is 19.0 Å². The lowest BCUT2D eigenvalue weighted by Gasteiger charge is -2.25. The molecule has 1 aromatic heterocycles. The second kappa shape index (κ2) is 8.34. The van der Waals surface area contributed by atoms with Crippen molar-refractivity contribution in [1.82, 2.24) is 15.1 Å². The molecule has 4 nitrogen and oxygen atoms in total. The van der Waals surface area contributed by atoms with Crippen molar-refractivity contribution in [3.63, 3.8) is 0 Å². The molecular weight excluding hydrogens is 296 g/mol. The smallest absolute Gasteiger partial charge is 0.127 e. The summed E-state index contributed by atoms with van der Waals surface area (Å²) in [4.78, 5) is 2.32. The lowest BCUT2D eigenvalue weighted by molar-refractivity contribution is 0.308.